The van der Waals surface area contributed by atoms with Gasteiger partial charge >= 0.3 is 5.97 Å². The van der Waals surface area contributed by atoms with Crippen molar-refractivity contribution in [2.45, 2.75) is 19.8 Å². The van der Waals surface area contributed by atoms with Crippen LogP contribution in [-0.4, -0.2) is 25.5 Å². The standard InChI is InChI=1S/C13H17FN2O3/c1-8-6-9(15)7-10(12(8)14)13(18)19-5-3-4-11(17)16-2/h6-7H,3-5,15H2,1-2H3,(H,16,17). The molecule has 104 valence electrons. The van der Waals surface area contributed by atoms with E-state index >= 15 is 0 Å². The van der Waals surface area contributed by atoms with Gasteiger partial charge in [-0.05, 0) is 31.0 Å². The fraction of sp³-hybridized carbons (Fsp3) is 0.385. The molecule has 1 rings (SSSR count). The number of aryl methyl sites for hydroxylation is 1. The second-order valence-corrected chi connectivity index (χ2v) is 4.11. The lowest BCUT2D eigenvalue weighted by Crippen LogP contribution is -2.18. The summed E-state index contributed by atoms with van der Waals surface area (Å²) in [6, 6.07) is 2.68. The van der Waals surface area contributed by atoms with Gasteiger partial charge in [0.2, 0.25) is 5.91 Å². The highest BCUT2D eigenvalue weighted by Crippen LogP contribution is 2.18. The molecular formula is C13H17FN2O3. The van der Waals surface area contributed by atoms with E-state index in [4.69, 9.17) is 10.5 Å². The molecule has 19 heavy (non-hydrogen) atoms. The Bertz CT molecular complexity index is 489. The molecule has 0 bridgehead atoms. The maximum atomic E-state index is 13.7. The predicted octanol–water partition coefficient (Wildman–Crippen LogP) is 1.40. The molecule has 1 aromatic rings. The minimum atomic E-state index is -0.773. The lowest BCUT2D eigenvalue weighted by Gasteiger charge is -2.08. The van der Waals surface area contributed by atoms with Crippen LogP contribution >= 0.6 is 0 Å². The largest absolute Gasteiger partial charge is 0.462 e. The number of hydrogen-bond donors (Lipinski definition) is 2. The van der Waals surface area contributed by atoms with Crippen LogP contribution in [0.15, 0.2) is 12.1 Å². The molecule has 0 aliphatic heterocycles. The molecule has 1 aromatic carbocycles. The average molecular weight is 268 g/mol. The number of hydrogen-bond acceptors (Lipinski definition) is 4. The number of carbonyl (C=O) groups is 2. The Morgan fingerprint density at radius 1 is 1.42 bits per heavy atom. The van der Waals surface area contributed by atoms with Gasteiger partial charge in [-0.25, -0.2) is 9.18 Å². The lowest BCUT2D eigenvalue weighted by molar-refractivity contribution is -0.120. The van der Waals surface area contributed by atoms with Crippen LogP contribution in [-0.2, 0) is 9.53 Å². The zero-order valence-electron chi connectivity index (χ0n) is 11.0. The fourth-order valence-corrected chi connectivity index (χ4v) is 1.55. The zero-order chi connectivity index (χ0) is 14.4. The van der Waals surface area contributed by atoms with Gasteiger partial charge in [-0.3, -0.25) is 4.79 Å². The third kappa shape index (κ3) is 4.24. The molecule has 0 saturated heterocycles. The van der Waals surface area contributed by atoms with Crippen LogP contribution < -0.4 is 11.1 Å². The summed E-state index contributed by atoms with van der Waals surface area (Å²) < 4.78 is 18.6. The summed E-state index contributed by atoms with van der Waals surface area (Å²) in [4.78, 5) is 22.6. The van der Waals surface area contributed by atoms with Crippen LogP contribution in [0.3, 0.4) is 0 Å². The number of amides is 1. The van der Waals surface area contributed by atoms with Crippen LogP contribution in [0.25, 0.3) is 0 Å². The molecule has 3 N–H and O–H groups in total. The summed E-state index contributed by atoms with van der Waals surface area (Å²) in [5.41, 5.74) is 5.96. The van der Waals surface area contributed by atoms with Crippen LogP contribution in [0.2, 0.25) is 0 Å². The van der Waals surface area contributed by atoms with Crippen LogP contribution in [0.1, 0.15) is 28.8 Å². The number of nitrogen functional groups attached to an aromatic ring is 1. The summed E-state index contributed by atoms with van der Waals surface area (Å²) in [7, 11) is 1.53. The number of benzene rings is 1. The molecule has 0 atom stereocenters. The minimum Gasteiger partial charge on any atom is -0.462 e. The molecule has 5 nitrogen and oxygen atoms in total. The van der Waals surface area contributed by atoms with Crippen molar-refractivity contribution in [3.63, 3.8) is 0 Å². The molecule has 0 aromatic heterocycles. The topological polar surface area (TPSA) is 81.4 Å². The SMILES string of the molecule is CNC(=O)CCCOC(=O)c1cc(N)cc(C)c1F. The van der Waals surface area contributed by atoms with Gasteiger partial charge < -0.3 is 15.8 Å². The number of esters is 1. The third-order valence-electron chi connectivity index (χ3n) is 2.56. The van der Waals surface area contributed by atoms with Crippen molar-refractivity contribution in [3.05, 3.63) is 29.1 Å². The first-order chi connectivity index (χ1) is 8.95. The van der Waals surface area contributed by atoms with Crippen molar-refractivity contribution >= 4 is 17.6 Å². The molecule has 1 amide bonds. The lowest BCUT2D eigenvalue weighted by atomic mass is 10.1. The highest BCUT2D eigenvalue weighted by atomic mass is 19.1. The van der Waals surface area contributed by atoms with Crippen molar-refractivity contribution in [1.29, 1.82) is 0 Å². The molecule has 0 saturated carbocycles. The second-order valence-electron chi connectivity index (χ2n) is 4.11. The number of nitrogens with one attached hydrogen (secondary N) is 1. The van der Waals surface area contributed by atoms with Gasteiger partial charge in [0.15, 0.2) is 0 Å². The number of rotatable bonds is 5. The predicted molar refractivity (Wildman–Crippen MR) is 69.1 cm³/mol. The fourth-order valence-electron chi connectivity index (χ4n) is 1.55. The number of halogens is 1. The number of nitrogens with two attached hydrogens (primary N) is 1. The first-order valence-electron chi connectivity index (χ1n) is 5.89. The van der Waals surface area contributed by atoms with E-state index in [1.54, 1.807) is 0 Å². The Labute approximate surface area is 110 Å². The first kappa shape index (κ1) is 14.9. The van der Waals surface area contributed by atoms with Gasteiger partial charge in [-0.1, -0.05) is 0 Å². The summed E-state index contributed by atoms with van der Waals surface area (Å²) in [6.45, 7) is 1.58. The summed E-state index contributed by atoms with van der Waals surface area (Å²) in [5, 5.41) is 2.45. The van der Waals surface area contributed by atoms with Gasteiger partial charge in [0, 0.05) is 19.2 Å². The maximum absolute atomic E-state index is 13.7. The van der Waals surface area contributed by atoms with E-state index in [1.165, 1.54) is 26.1 Å². The molecule has 0 unspecified atom stereocenters. The van der Waals surface area contributed by atoms with Gasteiger partial charge in [0.05, 0.1) is 12.2 Å². The average Bonchev–Trinajstić information content (AvgIpc) is 2.38. The molecule has 6 heteroatoms. The molecule has 0 aliphatic rings. The van der Waals surface area contributed by atoms with Gasteiger partial charge in [-0.15, -0.1) is 0 Å². The van der Waals surface area contributed by atoms with E-state index < -0.39 is 11.8 Å². The number of carbonyl (C=O) groups excluding carboxylic acids is 2. The molecule has 0 aliphatic carbocycles. The van der Waals surface area contributed by atoms with E-state index in [9.17, 15) is 14.0 Å². The van der Waals surface area contributed by atoms with Crippen molar-refractivity contribution in [2.24, 2.45) is 0 Å². The van der Waals surface area contributed by atoms with Gasteiger partial charge in [0.25, 0.3) is 0 Å². The maximum Gasteiger partial charge on any atom is 0.341 e. The molecular weight excluding hydrogens is 251 g/mol. The van der Waals surface area contributed by atoms with Crippen molar-refractivity contribution in [3.8, 4) is 0 Å². The smallest absolute Gasteiger partial charge is 0.341 e. The van der Waals surface area contributed by atoms with E-state index in [1.807, 2.05) is 0 Å². The Hall–Kier alpha value is -2.11. The molecule has 0 heterocycles. The summed E-state index contributed by atoms with van der Waals surface area (Å²) in [6.07, 6.45) is 0.635. The van der Waals surface area contributed by atoms with Crippen molar-refractivity contribution < 1.29 is 18.7 Å². The van der Waals surface area contributed by atoms with Crippen LogP contribution in [0.4, 0.5) is 10.1 Å². The number of anilines is 1. The molecule has 0 fully saturated rings. The Morgan fingerprint density at radius 3 is 2.74 bits per heavy atom. The van der Waals surface area contributed by atoms with Crippen LogP contribution in [0.5, 0.6) is 0 Å². The monoisotopic (exact) mass is 268 g/mol. The Morgan fingerprint density at radius 2 is 2.11 bits per heavy atom. The van der Waals surface area contributed by atoms with E-state index in [2.05, 4.69) is 5.32 Å². The second kappa shape index (κ2) is 6.72. The summed E-state index contributed by atoms with van der Waals surface area (Å²) in [5.74, 6) is -1.54. The van der Waals surface area contributed by atoms with Gasteiger partial charge in [0.1, 0.15) is 5.82 Å². The minimum absolute atomic E-state index is 0.0551. The highest BCUT2D eigenvalue weighted by molar-refractivity contribution is 5.91. The highest BCUT2D eigenvalue weighted by Gasteiger charge is 2.16. The summed E-state index contributed by atoms with van der Waals surface area (Å²) >= 11 is 0. The van der Waals surface area contributed by atoms with E-state index in [0.717, 1.165) is 0 Å². The quantitative estimate of drug-likeness (QED) is 0.480. The zero-order valence-corrected chi connectivity index (χ0v) is 11.0. The van der Waals surface area contributed by atoms with E-state index in [0.29, 0.717) is 12.1 Å². The van der Waals surface area contributed by atoms with Gasteiger partial charge in [-0.2, -0.15) is 0 Å². The molecule has 0 spiro atoms. The van der Waals surface area contributed by atoms with Crippen molar-refractivity contribution in [1.82, 2.24) is 5.32 Å². The van der Waals surface area contributed by atoms with Crippen molar-refractivity contribution in [2.75, 3.05) is 19.4 Å². The first-order valence-corrected chi connectivity index (χ1v) is 5.89. The van der Waals surface area contributed by atoms with E-state index in [-0.39, 0.29) is 30.1 Å². The number of ether oxygens (including phenoxy) is 1. The Kier molecular flexibility index (Phi) is 5.29. The Balaban J connectivity index is 2.57. The third-order valence-corrected chi connectivity index (χ3v) is 2.56. The normalized spacial score (nSPS) is 10.1. The molecule has 0 radical (unpaired) electrons. The van der Waals surface area contributed by atoms with Crippen LogP contribution in [0, 0.1) is 12.7 Å².